The summed E-state index contributed by atoms with van der Waals surface area (Å²) in [4.78, 5) is 15.0. The molecule has 0 aliphatic carbocycles. The van der Waals surface area contributed by atoms with Gasteiger partial charge >= 0.3 is 0 Å². The first-order chi connectivity index (χ1) is 16.8. The molecule has 0 atom stereocenters. The lowest BCUT2D eigenvalue weighted by Crippen LogP contribution is -2.34. The first-order valence-corrected chi connectivity index (χ1v) is 13.0. The highest BCUT2D eigenvalue weighted by molar-refractivity contribution is 7.93. The van der Waals surface area contributed by atoms with Gasteiger partial charge in [-0.25, -0.2) is 8.42 Å². The van der Waals surface area contributed by atoms with Gasteiger partial charge in [0.2, 0.25) is 12.7 Å². The van der Waals surface area contributed by atoms with E-state index in [1.165, 1.54) is 8.99 Å². The van der Waals surface area contributed by atoms with E-state index >= 15 is 0 Å². The number of ether oxygens (including phenoxy) is 2. The van der Waals surface area contributed by atoms with Crippen molar-refractivity contribution in [1.82, 2.24) is 14.7 Å². The van der Waals surface area contributed by atoms with E-state index in [4.69, 9.17) is 9.47 Å². The van der Waals surface area contributed by atoms with Gasteiger partial charge < -0.3 is 14.4 Å². The molecule has 2 aliphatic rings. The van der Waals surface area contributed by atoms with Crippen LogP contribution in [0.4, 0.5) is 5.69 Å². The molecule has 5 rings (SSSR count). The number of carbonyl (C=O) groups is 1. The summed E-state index contributed by atoms with van der Waals surface area (Å²) in [6, 6.07) is 13.2. The number of hydrogen-bond donors (Lipinski definition) is 0. The number of sulfonamides is 1. The Kier molecular flexibility index (Phi) is 5.92. The Morgan fingerprint density at radius 2 is 1.89 bits per heavy atom. The molecule has 0 spiro atoms. The number of aryl methyl sites for hydroxylation is 1. The summed E-state index contributed by atoms with van der Waals surface area (Å²) in [6.45, 7) is 6.74. The van der Waals surface area contributed by atoms with Crippen molar-refractivity contribution in [2.45, 2.75) is 45.2 Å². The number of benzene rings is 2. The molecule has 0 fully saturated rings. The maximum absolute atomic E-state index is 13.6. The summed E-state index contributed by atoms with van der Waals surface area (Å²) in [5, 5.41) is 4.44. The molecular formula is C25H28N4O5S. The van der Waals surface area contributed by atoms with Gasteiger partial charge in [0.1, 0.15) is 11.4 Å². The van der Waals surface area contributed by atoms with E-state index in [1.54, 1.807) is 18.7 Å². The maximum atomic E-state index is 13.6. The number of fused-ring (bicyclic) bond motifs is 2. The van der Waals surface area contributed by atoms with Crippen molar-refractivity contribution in [2.75, 3.05) is 24.2 Å². The lowest BCUT2D eigenvalue weighted by molar-refractivity contribution is -0.132. The largest absolute Gasteiger partial charge is 0.454 e. The SMILES string of the molecule is CCN(Cc1ccc2c(c1)OCO2)C(=O)Cn1nc(C)c(S(=O)(=O)N2CCc3ccccc32)c1C. The highest BCUT2D eigenvalue weighted by Gasteiger charge is 2.35. The Hall–Kier alpha value is -3.53. The number of nitrogens with zero attached hydrogens (tertiary/aromatic N) is 4. The maximum Gasteiger partial charge on any atom is 0.268 e. The Morgan fingerprint density at radius 1 is 1.11 bits per heavy atom. The Morgan fingerprint density at radius 3 is 2.69 bits per heavy atom. The smallest absolute Gasteiger partial charge is 0.268 e. The van der Waals surface area contributed by atoms with E-state index in [0.29, 0.717) is 54.6 Å². The van der Waals surface area contributed by atoms with E-state index in [0.717, 1.165) is 11.1 Å². The van der Waals surface area contributed by atoms with Crippen molar-refractivity contribution in [2.24, 2.45) is 0 Å². The molecular weight excluding hydrogens is 468 g/mol. The zero-order chi connectivity index (χ0) is 24.7. The first kappa shape index (κ1) is 23.2. The normalized spacial score (nSPS) is 14.3. The number of anilines is 1. The molecule has 0 bridgehead atoms. The molecule has 0 N–H and O–H groups in total. The van der Waals surface area contributed by atoms with Crippen molar-refractivity contribution in [3.63, 3.8) is 0 Å². The number of hydrogen-bond acceptors (Lipinski definition) is 6. The first-order valence-electron chi connectivity index (χ1n) is 11.6. The van der Waals surface area contributed by atoms with Crippen LogP contribution in [0.1, 0.15) is 29.4 Å². The van der Waals surface area contributed by atoms with Gasteiger partial charge in [0.15, 0.2) is 11.5 Å². The monoisotopic (exact) mass is 496 g/mol. The number of aromatic nitrogens is 2. The highest BCUT2D eigenvalue weighted by Crippen LogP contribution is 2.35. The summed E-state index contributed by atoms with van der Waals surface area (Å²) >= 11 is 0. The van der Waals surface area contributed by atoms with Gasteiger partial charge in [-0.2, -0.15) is 5.10 Å². The van der Waals surface area contributed by atoms with Crippen molar-refractivity contribution in [3.05, 3.63) is 65.0 Å². The van der Waals surface area contributed by atoms with Gasteiger partial charge in [-0.3, -0.25) is 13.8 Å². The van der Waals surface area contributed by atoms with E-state index < -0.39 is 10.0 Å². The average Bonchev–Trinajstić information content (AvgIpc) is 3.54. The molecule has 1 amide bonds. The third-order valence-corrected chi connectivity index (χ3v) is 8.60. The lowest BCUT2D eigenvalue weighted by Gasteiger charge is -2.22. The molecule has 0 unspecified atom stereocenters. The van der Waals surface area contributed by atoms with Gasteiger partial charge in [-0.1, -0.05) is 24.3 Å². The standard InChI is InChI=1S/C25H28N4O5S/c1-4-27(14-19-9-10-22-23(13-19)34-16-33-22)24(30)15-28-18(3)25(17(2)26-28)35(31,32)29-12-11-20-7-5-6-8-21(20)29/h5-10,13H,4,11-12,14-16H2,1-3H3. The fourth-order valence-electron chi connectivity index (χ4n) is 4.74. The molecule has 9 nitrogen and oxygen atoms in total. The number of rotatable bonds is 7. The van der Waals surface area contributed by atoms with Gasteiger partial charge in [-0.05, 0) is 56.5 Å². The molecule has 10 heteroatoms. The zero-order valence-electron chi connectivity index (χ0n) is 20.0. The number of amides is 1. The summed E-state index contributed by atoms with van der Waals surface area (Å²) < 4.78 is 41.0. The van der Waals surface area contributed by atoms with Crippen LogP contribution in [0.2, 0.25) is 0 Å². The molecule has 35 heavy (non-hydrogen) atoms. The molecule has 0 saturated carbocycles. The van der Waals surface area contributed by atoms with Crippen LogP contribution in [0.3, 0.4) is 0 Å². The second-order valence-electron chi connectivity index (χ2n) is 8.71. The van der Waals surface area contributed by atoms with Crippen molar-refractivity contribution in [3.8, 4) is 11.5 Å². The quantitative estimate of drug-likeness (QED) is 0.499. The van der Waals surface area contributed by atoms with Crippen molar-refractivity contribution in [1.29, 1.82) is 0 Å². The zero-order valence-corrected chi connectivity index (χ0v) is 20.8. The fraction of sp³-hybridized carbons (Fsp3) is 0.360. The van der Waals surface area contributed by atoms with Gasteiger partial charge in [-0.15, -0.1) is 0 Å². The second kappa shape index (κ2) is 8.92. The highest BCUT2D eigenvalue weighted by atomic mass is 32.2. The third-order valence-electron chi connectivity index (χ3n) is 6.54. The van der Waals surface area contributed by atoms with E-state index in [1.807, 2.05) is 49.4 Å². The van der Waals surface area contributed by atoms with Gasteiger partial charge in [0.05, 0.1) is 17.1 Å². The van der Waals surface area contributed by atoms with Gasteiger partial charge in [0.25, 0.3) is 10.0 Å². The molecule has 2 aliphatic heterocycles. The predicted octanol–water partition coefficient (Wildman–Crippen LogP) is 3.03. The van der Waals surface area contributed by atoms with Crippen LogP contribution in [0.5, 0.6) is 11.5 Å². The van der Waals surface area contributed by atoms with E-state index in [-0.39, 0.29) is 24.1 Å². The summed E-state index contributed by atoms with van der Waals surface area (Å²) in [5.41, 5.74) is 3.48. The number of para-hydroxylation sites is 1. The van der Waals surface area contributed by atoms with Crippen LogP contribution in [-0.2, 0) is 34.3 Å². The minimum atomic E-state index is -3.81. The van der Waals surface area contributed by atoms with Crippen LogP contribution in [0, 0.1) is 13.8 Å². The molecule has 2 aromatic carbocycles. The van der Waals surface area contributed by atoms with E-state index in [9.17, 15) is 13.2 Å². The predicted molar refractivity (Wildman–Crippen MR) is 130 cm³/mol. The summed E-state index contributed by atoms with van der Waals surface area (Å²) in [6.07, 6.45) is 0.672. The molecule has 3 heterocycles. The average molecular weight is 497 g/mol. The third kappa shape index (κ3) is 4.12. The van der Waals surface area contributed by atoms with Crippen LogP contribution in [0.25, 0.3) is 0 Å². The van der Waals surface area contributed by atoms with Gasteiger partial charge in [0, 0.05) is 19.6 Å². The Balaban J connectivity index is 1.36. The van der Waals surface area contributed by atoms with Crippen LogP contribution in [0.15, 0.2) is 47.4 Å². The minimum absolute atomic E-state index is 0.0445. The number of carbonyl (C=O) groups excluding carboxylic acids is 1. The molecule has 1 aromatic heterocycles. The fourth-order valence-corrected chi connectivity index (χ4v) is 6.62. The van der Waals surface area contributed by atoms with Crippen molar-refractivity contribution < 1.29 is 22.7 Å². The van der Waals surface area contributed by atoms with Crippen LogP contribution in [-0.4, -0.2) is 48.9 Å². The topological polar surface area (TPSA) is 94.0 Å². The molecule has 0 radical (unpaired) electrons. The Bertz CT molecular complexity index is 1400. The second-order valence-corrected chi connectivity index (χ2v) is 10.5. The molecule has 0 saturated heterocycles. The minimum Gasteiger partial charge on any atom is -0.454 e. The van der Waals surface area contributed by atoms with Crippen molar-refractivity contribution >= 4 is 21.6 Å². The Labute approximate surface area is 204 Å². The van der Waals surface area contributed by atoms with Crippen LogP contribution < -0.4 is 13.8 Å². The summed E-state index contributed by atoms with van der Waals surface area (Å²) in [5.74, 6) is 1.22. The summed E-state index contributed by atoms with van der Waals surface area (Å²) in [7, 11) is -3.81. The van der Waals surface area contributed by atoms with Crippen LogP contribution >= 0.6 is 0 Å². The molecule has 3 aromatic rings. The lowest BCUT2D eigenvalue weighted by atomic mass is 10.2. The van der Waals surface area contributed by atoms with E-state index in [2.05, 4.69) is 5.10 Å². The molecule has 184 valence electrons. The number of likely N-dealkylation sites (N-methyl/N-ethyl adjacent to an activating group) is 1.